The molecule has 3 aromatic carbocycles. The Hall–Kier alpha value is -5.23. The molecular formula is C30H29N3O9. The number of anilines is 1. The monoisotopic (exact) mass is 575 g/mol. The topological polar surface area (TPSA) is 150 Å². The van der Waals surface area contributed by atoms with Crippen molar-refractivity contribution in [2.75, 3.05) is 32.3 Å². The molecule has 12 heteroatoms. The minimum Gasteiger partial charge on any atom is -0.494 e. The van der Waals surface area contributed by atoms with E-state index in [9.17, 15) is 24.0 Å². The van der Waals surface area contributed by atoms with E-state index in [4.69, 9.17) is 18.9 Å². The number of hydrazine groups is 1. The van der Waals surface area contributed by atoms with E-state index in [0.29, 0.717) is 29.4 Å². The Morgan fingerprint density at radius 2 is 1.50 bits per heavy atom. The van der Waals surface area contributed by atoms with Gasteiger partial charge in [0.1, 0.15) is 11.8 Å². The van der Waals surface area contributed by atoms with Crippen LogP contribution in [0.5, 0.6) is 17.2 Å². The number of Topliss-reactive ketones (excluding diaryl/α,β-unsaturated/α-hetero) is 1. The highest BCUT2D eigenvalue weighted by Crippen LogP contribution is 2.28. The number of carbonyl (C=O) groups is 5. The molecule has 218 valence electrons. The first-order valence-corrected chi connectivity index (χ1v) is 12.9. The van der Waals surface area contributed by atoms with Crippen molar-refractivity contribution >= 4 is 35.2 Å². The molecule has 2 N–H and O–H groups in total. The van der Waals surface area contributed by atoms with E-state index in [1.807, 2.05) is 6.92 Å². The number of imide groups is 1. The Bertz CT molecular complexity index is 1490. The number of nitrogens with one attached hydrogen (secondary N) is 2. The number of esters is 1. The number of ketones is 1. The summed E-state index contributed by atoms with van der Waals surface area (Å²) in [7, 11) is 2.91. The van der Waals surface area contributed by atoms with Crippen molar-refractivity contribution in [3.05, 3.63) is 83.4 Å². The fourth-order valence-corrected chi connectivity index (χ4v) is 4.17. The summed E-state index contributed by atoms with van der Waals surface area (Å²) >= 11 is 0. The summed E-state index contributed by atoms with van der Waals surface area (Å²) in [6, 6.07) is 15.7. The average molecular weight is 576 g/mol. The molecule has 0 saturated carbocycles. The van der Waals surface area contributed by atoms with Gasteiger partial charge < -0.3 is 18.9 Å². The Labute approximate surface area is 241 Å². The van der Waals surface area contributed by atoms with E-state index in [1.54, 1.807) is 30.3 Å². The molecule has 1 aliphatic heterocycles. The van der Waals surface area contributed by atoms with Crippen molar-refractivity contribution in [1.29, 1.82) is 0 Å². The summed E-state index contributed by atoms with van der Waals surface area (Å²) in [6.07, 6.45) is -0.192. The summed E-state index contributed by atoms with van der Waals surface area (Å²) in [5, 5.41) is 0. The number of hydrogen-bond donors (Lipinski definition) is 2. The lowest BCUT2D eigenvalue weighted by Crippen LogP contribution is -2.48. The molecule has 1 heterocycles. The highest BCUT2D eigenvalue weighted by Gasteiger charge is 2.39. The minimum atomic E-state index is -1.00. The van der Waals surface area contributed by atoms with Crippen molar-refractivity contribution in [2.24, 2.45) is 0 Å². The molecule has 3 aromatic rings. The summed E-state index contributed by atoms with van der Waals surface area (Å²) in [6.45, 7) is 1.90. The van der Waals surface area contributed by atoms with E-state index in [-0.39, 0.29) is 29.0 Å². The Balaban J connectivity index is 1.31. The van der Waals surface area contributed by atoms with Crippen LogP contribution in [0, 0.1) is 0 Å². The van der Waals surface area contributed by atoms with Crippen molar-refractivity contribution in [1.82, 2.24) is 10.9 Å². The zero-order valence-electron chi connectivity index (χ0n) is 23.2. The molecule has 1 aliphatic rings. The van der Waals surface area contributed by atoms with Gasteiger partial charge in [0.15, 0.2) is 23.9 Å². The predicted molar refractivity (Wildman–Crippen MR) is 150 cm³/mol. The highest BCUT2D eigenvalue weighted by molar-refractivity contribution is 6.22. The first kappa shape index (κ1) is 29.7. The minimum absolute atomic E-state index is 0.134. The van der Waals surface area contributed by atoms with Gasteiger partial charge in [0.25, 0.3) is 11.8 Å². The van der Waals surface area contributed by atoms with Gasteiger partial charge >= 0.3 is 5.97 Å². The standard InChI is InChI=1S/C30H29N3O9/c1-4-41-22-12-7-18(8-13-22)24(34)17-42-30(38)19-5-10-21(11-6-19)33-27(35)16-23(29(33)37)31-32-28(36)20-9-14-25(39-2)26(15-20)40-3/h5-15,23,31H,4,16-17H2,1-3H3,(H,32,36). The number of amides is 3. The van der Waals surface area contributed by atoms with Crippen LogP contribution in [0.2, 0.25) is 0 Å². The maximum atomic E-state index is 13.0. The normalized spacial score (nSPS) is 14.4. The molecule has 0 radical (unpaired) electrons. The van der Waals surface area contributed by atoms with Gasteiger partial charge in [0.2, 0.25) is 5.91 Å². The SMILES string of the molecule is CCOc1ccc(C(=O)COC(=O)c2ccc(N3C(=O)CC(NNC(=O)c4ccc(OC)c(OC)c4)C3=O)cc2)cc1. The molecule has 4 rings (SSSR count). The summed E-state index contributed by atoms with van der Waals surface area (Å²) in [4.78, 5) is 64.0. The molecule has 12 nitrogen and oxygen atoms in total. The van der Waals surface area contributed by atoms with Gasteiger partial charge in [0, 0.05) is 11.1 Å². The maximum Gasteiger partial charge on any atom is 0.338 e. The van der Waals surface area contributed by atoms with Crippen LogP contribution in [-0.2, 0) is 14.3 Å². The first-order chi connectivity index (χ1) is 20.2. The molecule has 0 aromatic heterocycles. The number of nitrogens with zero attached hydrogens (tertiary/aromatic N) is 1. The van der Waals surface area contributed by atoms with E-state index < -0.39 is 36.3 Å². The van der Waals surface area contributed by atoms with Gasteiger partial charge in [-0.05, 0) is 73.7 Å². The fraction of sp³-hybridized carbons (Fsp3) is 0.233. The van der Waals surface area contributed by atoms with Gasteiger partial charge in [-0.3, -0.25) is 24.6 Å². The Morgan fingerprint density at radius 1 is 0.857 bits per heavy atom. The molecule has 1 saturated heterocycles. The van der Waals surface area contributed by atoms with Crippen LogP contribution in [0.4, 0.5) is 5.69 Å². The Morgan fingerprint density at radius 3 is 2.14 bits per heavy atom. The number of rotatable bonds is 12. The molecule has 1 unspecified atom stereocenters. The molecule has 0 spiro atoms. The van der Waals surface area contributed by atoms with Gasteiger partial charge in [0.05, 0.1) is 38.5 Å². The van der Waals surface area contributed by atoms with Crippen LogP contribution in [0.15, 0.2) is 66.7 Å². The number of carbonyl (C=O) groups excluding carboxylic acids is 5. The average Bonchev–Trinajstić information content (AvgIpc) is 3.30. The van der Waals surface area contributed by atoms with Crippen molar-refractivity contribution < 1.29 is 42.9 Å². The summed E-state index contributed by atoms with van der Waals surface area (Å²) in [5.41, 5.74) is 6.04. The first-order valence-electron chi connectivity index (χ1n) is 12.9. The molecular weight excluding hydrogens is 546 g/mol. The summed E-state index contributed by atoms with van der Waals surface area (Å²) in [5.74, 6) is -1.30. The van der Waals surface area contributed by atoms with E-state index >= 15 is 0 Å². The van der Waals surface area contributed by atoms with Crippen LogP contribution >= 0.6 is 0 Å². The second-order valence-corrected chi connectivity index (χ2v) is 9.00. The second kappa shape index (κ2) is 13.4. The zero-order valence-corrected chi connectivity index (χ0v) is 23.2. The van der Waals surface area contributed by atoms with Crippen molar-refractivity contribution in [2.45, 2.75) is 19.4 Å². The largest absolute Gasteiger partial charge is 0.494 e. The van der Waals surface area contributed by atoms with Gasteiger partial charge in [-0.1, -0.05) is 0 Å². The lowest BCUT2D eigenvalue weighted by molar-refractivity contribution is -0.121. The van der Waals surface area contributed by atoms with Crippen LogP contribution in [0.1, 0.15) is 44.4 Å². The second-order valence-electron chi connectivity index (χ2n) is 9.00. The molecule has 3 amide bonds. The Kier molecular flexibility index (Phi) is 9.50. The molecule has 42 heavy (non-hydrogen) atoms. The van der Waals surface area contributed by atoms with E-state index in [1.165, 1.54) is 50.6 Å². The predicted octanol–water partition coefficient (Wildman–Crippen LogP) is 2.71. The lowest BCUT2D eigenvalue weighted by Gasteiger charge is -2.16. The quantitative estimate of drug-likeness (QED) is 0.143. The number of hydrogen-bond acceptors (Lipinski definition) is 10. The van der Waals surface area contributed by atoms with Gasteiger partial charge in [-0.2, -0.15) is 0 Å². The summed E-state index contributed by atoms with van der Waals surface area (Å²) < 4.78 is 20.8. The van der Waals surface area contributed by atoms with Crippen LogP contribution in [0.3, 0.4) is 0 Å². The lowest BCUT2D eigenvalue weighted by atomic mass is 10.1. The number of benzene rings is 3. The third-order valence-electron chi connectivity index (χ3n) is 6.34. The van der Waals surface area contributed by atoms with Gasteiger partial charge in [-0.25, -0.2) is 15.1 Å². The maximum absolute atomic E-state index is 13.0. The van der Waals surface area contributed by atoms with E-state index in [2.05, 4.69) is 10.9 Å². The molecule has 1 fully saturated rings. The highest BCUT2D eigenvalue weighted by atomic mass is 16.5. The van der Waals surface area contributed by atoms with Crippen LogP contribution < -0.4 is 30.0 Å². The third kappa shape index (κ3) is 6.73. The van der Waals surface area contributed by atoms with Crippen molar-refractivity contribution in [3.63, 3.8) is 0 Å². The molecule has 1 atom stereocenters. The van der Waals surface area contributed by atoms with Crippen LogP contribution in [0.25, 0.3) is 0 Å². The number of methoxy groups -OCH3 is 2. The number of ether oxygens (including phenoxy) is 4. The smallest absolute Gasteiger partial charge is 0.338 e. The van der Waals surface area contributed by atoms with Crippen LogP contribution in [-0.4, -0.2) is 62.9 Å². The fourth-order valence-electron chi connectivity index (χ4n) is 4.17. The molecule has 0 aliphatic carbocycles. The van der Waals surface area contributed by atoms with E-state index in [0.717, 1.165) is 4.90 Å². The third-order valence-corrected chi connectivity index (χ3v) is 6.34. The molecule has 0 bridgehead atoms. The zero-order chi connectivity index (χ0) is 30.2. The van der Waals surface area contributed by atoms with Gasteiger partial charge in [-0.15, -0.1) is 0 Å². The van der Waals surface area contributed by atoms with Crippen molar-refractivity contribution in [3.8, 4) is 17.2 Å².